The highest BCUT2D eigenvalue weighted by Crippen LogP contribution is 2.39. The van der Waals surface area contributed by atoms with Crippen LogP contribution in [-0.4, -0.2) is 83.1 Å². The number of rotatable bonds is 14. The smallest absolute Gasteiger partial charge is 0.231 e. The lowest BCUT2D eigenvalue weighted by atomic mass is 10.00. The number of ether oxygens (including phenoxy) is 1. The Morgan fingerprint density at radius 3 is 2.48 bits per heavy atom. The second-order valence-electron chi connectivity index (χ2n) is 12.5. The fourth-order valence-electron chi connectivity index (χ4n) is 6.03. The molecule has 1 saturated heterocycles. The van der Waals surface area contributed by atoms with Crippen LogP contribution in [-0.2, 0) is 9.05 Å². The summed E-state index contributed by atoms with van der Waals surface area (Å²) in [5.74, 6) is 1.93. The number of nitrogens with one attached hydrogen (secondary N) is 3. The zero-order chi connectivity index (χ0) is 32.8. The number of aromatic nitrogens is 3. The number of aliphatic hydroxyl groups is 1. The molecule has 4 aromatic rings. The van der Waals surface area contributed by atoms with Crippen molar-refractivity contribution in [3.8, 4) is 5.75 Å². The highest BCUT2D eigenvalue weighted by Gasteiger charge is 2.28. The van der Waals surface area contributed by atoms with Crippen molar-refractivity contribution < 1.29 is 18.9 Å². The molecule has 0 radical (unpaired) electrons. The molecule has 1 fully saturated rings. The molecule has 2 aromatic heterocycles. The lowest BCUT2D eigenvalue weighted by Crippen LogP contribution is -2.49. The molecule has 0 spiro atoms. The second kappa shape index (κ2) is 15.0. The molecule has 0 bridgehead atoms. The van der Waals surface area contributed by atoms with Crippen molar-refractivity contribution in [2.24, 2.45) is 0 Å². The average Bonchev–Trinajstić information content (AvgIpc) is 3.50. The van der Waals surface area contributed by atoms with Gasteiger partial charge in [0.1, 0.15) is 17.2 Å². The van der Waals surface area contributed by atoms with Crippen LogP contribution < -0.4 is 25.6 Å². The van der Waals surface area contributed by atoms with E-state index in [0.29, 0.717) is 30.0 Å². The van der Waals surface area contributed by atoms with E-state index in [2.05, 4.69) is 44.5 Å². The quantitative estimate of drug-likeness (QED) is 0.112. The molecule has 0 atom stereocenters. The van der Waals surface area contributed by atoms with Gasteiger partial charge in [-0.3, -0.25) is 4.90 Å². The van der Waals surface area contributed by atoms with Gasteiger partial charge in [0.05, 0.1) is 33.8 Å². The standard InChI is InChI=1S/C34H48N7O4P/c1-8-40(22-34(4,5)42)25-16-19-41(20-17-25)28-14-13-24(21-29(28)45-23(2)3)36-33-38-31-26(15-18-35-31)32(39-33)37-27-11-9-10-12-30(27)46(43-6)44-7/h9-15,18,21,23,25,42H,8,16-17,19-20,22H2,1-7H3,(H3,35,36,37,38,39). The number of anilines is 5. The van der Waals surface area contributed by atoms with Crippen LogP contribution in [0.15, 0.2) is 54.7 Å². The first-order valence-corrected chi connectivity index (χ1v) is 17.1. The molecule has 0 unspecified atom stereocenters. The molecule has 0 saturated carbocycles. The second-order valence-corrected chi connectivity index (χ2v) is 14.2. The molecule has 248 valence electrons. The maximum absolute atomic E-state index is 10.4. The third-order valence-electron chi connectivity index (χ3n) is 8.00. The molecule has 12 heteroatoms. The summed E-state index contributed by atoms with van der Waals surface area (Å²) in [4.78, 5) is 17.7. The van der Waals surface area contributed by atoms with Gasteiger partial charge in [0, 0.05) is 57.8 Å². The Kier molecular flexibility index (Phi) is 11.0. The number of hydrogen-bond acceptors (Lipinski definition) is 10. The Balaban J connectivity index is 1.37. The van der Waals surface area contributed by atoms with Gasteiger partial charge >= 0.3 is 0 Å². The Morgan fingerprint density at radius 1 is 1.07 bits per heavy atom. The van der Waals surface area contributed by atoms with Gasteiger partial charge in [0.2, 0.25) is 14.3 Å². The molecule has 11 nitrogen and oxygen atoms in total. The maximum Gasteiger partial charge on any atom is 0.231 e. The highest BCUT2D eigenvalue weighted by molar-refractivity contribution is 7.56. The van der Waals surface area contributed by atoms with E-state index in [-0.39, 0.29) is 6.10 Å². The van der Waals surface area contributed by atoms with Gasteiger partial charge in [-0.2, -0.15) is 9.97 Å². The van der Waals surface area contributed by atoms with Gasteiger partial charge in [0.15, 0.2) is 0 Å². The topological polar surface area (TPSA) is 120 Å². The molecule has 4 N–H and O–H groups in total. The van der Waals surface area contributed by atoms with Crippen molar-refractivity contribution in [3.63, 3.8) is 0 Å². The predicted molar refractivity (Wildman–Crippen MR) is 188 cm³/mol. The average molecular weight is 650 g/mol. The van der Waals surface area contributed by atoms with Crippen molar-refractivity contribution in [1.29, 1.82) is 0 Å². The molecule has 2 aromatic carbocycles. The van der Waals surface area contributed by atoms with Crippen LogP contribution in [0, 0.1) is 0 Å². The summed E-state index contributed by atoms with van der Waals surface area (Å²) in [5.41, 5.74) is 2.77. The number of hydrogen-bond donors (Lipinski definition) is 4. The molecule has 0 aliphatic carbocycles. The van der Waals surface area contributed by atoms with Gasteiger partial charge in [0.25, 0.3) is 0 Å². The lowest BCUT2D eigenvalue weighted by Gasteiger charge is -2.41. The molecule has 3 heterocycles. The Bertz CT molecular complexity index is 1580. The van der Waals surface area contributed by atoms with Crippen molar-refractivity contribution in [2.45, 2.75) is 65.2 Å². The van der Waals surface area contributed by atoms with Crippen molar-refractivity contribution in [3.05, 3.63) is 54.7 Å². The summed E-state index contributed by atoms with van der Waals surface area (Å²) in [6.45, 7) is 13.5. The first-order chi connectivity index (χ1) is 22.1. The van der Waals surface area contributed by atoms with Crippen LogP contribution in [0.3, 0.4) is 0 Å². The van der Waals surface area contributed by atoms with Gasteiger partial charge in [-0.15, -0.1) is 0 Å². The fraction of sp³-hybridized carbons (Fsp3) is 0.471. The highest BCUT2D eigenvalue weighted by atomic mass is 31.2. The van der Waals surface area contributed by atoms with Crippen LogP contribution in [0.2, 0.25) is 0 Å². The van der Waals surface area contributed by atoms with E-state index < -0.39 is 14.0 Å². The fourth-order valence-corrected chi connectivity index (χ4v) is 7.11. The van der Waals surface area contributed by atoms with Crippen LogP contribution in [0.5, 0.6) is 5.75 Å². The van der Waals surface area contributed by atoms with Crippen LogP contribution >= 0.6 is 8.38 Å². The van der Waals surface area contributed by atoms with E-state index >= 15 is 0 Å². The van der Waals surface area contributed by atoms with E-state index in [0.717, 1.165) is 66.0 Å². The Morgan fingerprint density at radius 2 is 1.80 bits per heavy atom. The number of nitrogens with zero attached hydrogens (tertiary/aromatic N) is 4. The largest absolute Gasteiger partial charge is 0.489 e. The van der Waals surface area contributed by atoms with Crippen LogP contribution in [0.1, 0.15) is 47.5 Å². The summed E-state index contributed by atoms with van der Waals surface area (Å²) in [6.07, 6.45) is 3.94. The van der Waals surface area contributed by atoms with Crippen molar-refractivity contribution >= 4 is 53.5 Å². The Labute approximate surface area is 273 Å². The summed E-state index contributed by atoms with van der Waals surface area (Å²) in [5, 5.41) is 19.1. The number of H-pyrrole nitrogens is 1. The summed E-state index contributed by atoms with van der Waals surface area (Å²) in [6, 6.07) is 16.5. The van der Waals surface area contributed by atoms with Crippen molar-refractivity contribution in [1.82, 2.24) is 19.9 Å². The number of benzene rings is 2. The van der Waals surface area contributed by atoms with E-state index in [1.54, 1.807) is 14.2 Å². The zero-order valence-corrected chi connectivity index (χ0v) is 28.9. The minimum atomic E-state index is -1.24. The summed E-state index contributed by atoms with van der Waals surface area (Å²) < 4.78 is 17.5. The van der Waals surface area contributed by atoms with E-state index in [4.69, 9.17) is 23.8 Å². The number of piperidine rings is 1. The van der Waals surface area contributed by atoms with E-state index in [9.17, 15) is 5.11 Å². The maximum atomic E-state index is 10.4. The lowest BCUT2D eigenvalue weighted by molar-refractivity contribution is 0.0184. The number of likely N-dealkylation sites (N-methyl/N-ethyl adjacent to an activating group) is 1. The Hall–Kier alpha value is -3.47. The first kappa shape index (κ1) is 33.9. The van der Waals surface area contributed by atoms with Gasteiger partial charge in [-0.1, -0.05) is 19.1 Å². The predicted octanol–water partition coefficient (Wildman–Crippen LogP) is 6.52. The monoisotopic (exact) mass is 649 g/mol. The molecule has 1 aliphatic heterocycles. The SMILES string of the molecule is CCN(CC(C)(C)O)C1CCN(c2ccc(Nc3nc(Nc4ccccc4P(OC)OC)c4cc[nH]c4n3)cc2OC(C)C)CC1. The van der Waals surface area contributed by atoms with Gasteiger partial charge in [-0.05, 0) is 77.4 Å². The number of para-hydroxylation sites is 1. The van der Waals surface area contributed by atoms with Crippen LogP contribution in [0.4, 0.5) is 28.8 Å². The normalized spacial score (nSPS) is 14.5. The molecule has 5 rings (SSSR count). The number of fused-ring (bicyclic) bond motifs is 1. The van der Waals surface area contributed by atoms with E-state index in [1.807, 2.05) is 70.3 Å². The molecular weight excluding hydrogens is 601 g/mol. The van der Waals surface area contributed by atoms with Crippen molar-refractivity contribution in [2.75, 3.05) is 55.9 Å². The molecular formula is C34H48N7O4P. The minimum Gasteiger partial charge on any atom is -0.489 e. The van der Waals surface area contributed by atoms with E-state index in [1.165, 1.54) is 0 Å². The minimum absolute atomic E-state index is 0.0148. The number of aromatic amines is 1. The van der Waals surface area contributed by atoms with Gasteiger partial charge < -0.3 is 39.4 Å². The molecule has 0 amide bonds. The van der Waals surface area contributed by atoms with Crippen LogP contribution in [0.25, 0.3) is 11.0 Å². The van der Waals surface area contributed by atoms with Gasteiger partial charge in [-0.25, -0.2) is 0 Å². The third-order valence-corrected chi connectivity index (χ3v) is 9.44. The summed E-state index contributed by atoms with van der Waals surface area (Å²) in [7, 11) is 2.05. The molecule has 46 heavy (non-hydrogen) atoms. The summed E-state index contributed by atoms with van der Waals surface area (Å²) >= 11 is 0. The third kappa shape index (κ3) is 8.27. The molecule has 1 aliphatic rings. The first-order valence-electron chi connectivity index (χ1n) is 16.0. The zero-order valence-electron chi connectivity index (χ0n) is 28.0.